The van der Waals surface area contributed by atoms with Gasteiger partial charge in [0.1, 0.15) is 0 Å². The number of thiophene rings is 1. The molecule has 1 N–H and O–H groups in total. The Bertz CT molecular complexity index is 572. The molecular formula is C15H20N2OS. The van der Waals surface area contributed by atoms with Crippen LogP contribution in [-0.4, -0.2) is 11.6 Å². The molecular weight excluding hydrogens is 256 g/mol. The average molecular weight is 276 g/mol. The van der Waals surface area contributed by atoms with Crippen LogP contribution in [0.25, 0.3) is 10.6 Å². The maximum atomic E-state index is 12.5. The molecule has 0 unspecified atom stereocenters. The number of nitrogens with zero attached hydrogens (tertiary/aromatic N) is 1. The van der Waals surface area contributed by atoms with Crippen LogP contribution in [0.2, 0.25) is 0 Å². The van der Waals surface area contributed by atoms with Crippen LogP contribution in [0.4, 0.5) is 0 Å². The number of rotatable bonds is 6. The second-order valence-corrected chi connectivity index (χ2v) is 5.51. The van der Waals surface area contributed by atoms with E-state index in [1.807, 2.05) is 29.1 Å². The fraction of sp³-hybridized carbons (Fsp3) is 0.400. The lowest BCUT2D eigenvalue weighted by Crippen LogP contribution is -2.27. The van der Waals surface area contributed by atoms with Gasteiger partial charge in [-0.05, 0) is 31.0 Å². The maximum Gasteiger partial charge on any atom is 0.255 e. The Kier molecular flexibility index (Phi) is 4.93. The van der Waals surface area contributed by atoms with Crippen molar-refractivity contribution in [1.29, 1.82) is 0 Å². The average Bonchev–Trinajstić information content (AvgIpc) is 2.93. The molecule has 0 aromatic carbocycles. The molecule has 2 aromatic rings. The lowest BCUT2D eigenvalue weighted by Gasteiger charge is -2.13. The van der Waals surface area contributed by atoms with E-state index in [0.29, 0.717) is 6.54 Å². The topological polar surface area (TPSA) is 34.0 Å². The predicted molar refractivity (Wildman–Crippen MR) is 81.7 cm³/mol. The molecule has 19 heavy (non-hydrogen) atoms. The van der Waals surface area contributed by atoms with Gasteiger partial charge in [-0.3, -0.25) is 4.79 Å². The highest BCUT2D eigenvalue weighted by Crippen LogP contribution is 2.24. The van der Waals surface area contributed by atoms with E-state index in [1.165, 1.54) is 0 Å². The van der Waals surface area contributed by atoms with Gasteiger partial charge in [-0.25, -0.2) is 0 Å². The third kappa shape index (κ3) is 3.14. The number of pyridine rings is 1. The van der Waals surface area contributed by atoms with Gasteiger partial charge >= 0.3 is 0 Å². The fourth-order valence-corrected chi connectivity index (χ4v) is 2.89. The van der Waals surface area contributed by atoms with E-state index in [-0.39, 0.29) is 5.56 Å². The molecule has 0 bridgehead atoms. The van der Waals surface area contributed by atoms with Crippen molar-refractivity contribution in [3.05, 3.63) is 45.6 Å². The summed E-state index contributed by atoms with van der Waals surface area (Å²) in [5, 5.41) is 5.10. The second-order valence-electron chi connectivity index (χ2n) is 4.56. The first kappa shape index (κ1) is 14.0. The molecule has 2 rings (SSSR count). The van der Waals surface area contributed by atoms with E-state index in [1.54, 1.807) is 11.3 Å². The van der Waals surface area contributed by atoms with E-state index in [4.69, 9.17) is 0 Å². The quantitative estimate of drug-likeness (QED) is 0.879. The van der Waals surface area contributed by atoms with Crippen LogP contribution in [-0.2, 0) is 13.1 Å². The molecule has 0 saturated carbocycles. The normalized spacial score (nSPS) is 10.8. The summed E-state index contributed by atoms with van der Waals surface area (Å²) in [5.41, 5.74) is 2.00. The third-order valence-electron chi connectivity index (χ3n) is 3.13. The third-order valence-corrected chi connectivity index (χ3v) is 4.02. The summed E-state index contributed by atoms with van der Waals surface area (Å²) < 4.78 is 1.92. The number of nitrogens with one attached hydrogen (secondary N) is 1. The highest BCUT2D eigenvalue weighted by molar-refractivity contribution is 7.13. The Labute approximate surface area is 117 Å². The number of hydrogen-bond donors (Lipinski definition) is 1. The Balaban J connectivity index is 2.48. The Hall–Kier alpha value is -1.39. The lowest BCUT2D eigenvalue weighted by molar-refractivity contribution is 0.611. The summed E-state index contributed by atoms with van der Waals surface area (Å²) in [6, 6.07) is 8.10. The molecule has 0 amide bonds. The van der Waals surface area contributed by atoms with Crippen LogP contribution in [0.3, 0.4) is 0 Å². The Morgan fingerprint density at radius 1 is 1.32 bits per heavy atom. The van der Waals surface area contributed by atoms with Gasteiger partial charge in [0, 0.05) is 18.7 Å². The molecule has 0 spiro atoms. The van der Waals surface area contributed by atoms with Crippen molar-refractivity contribution in [2.75, 3.05) is 7.05 Å². The summed E-state index contributed by atoms with van der Waals surface area (Å²) in [5.74, 6) is 0. The zero-order valence-corrected chi connectivity index (χ0v) is 12.3. The molecule has 0 aliphatic carbocycles. The molecule has 2 heterocycles. The summed E-state index contributed by atoms with van der Waals surface area (Å²) in [6.45, 7) is 3.56. The monoisotopic (exact) mass is 276 g/mol. The first-order valence-electron chi connectivity index (χ1n) is 6.69. The van der Waals surface area contributed by atoms with Crippen LogP contribution in [0.15, 0.2) is 34.4 Å². The van der Waals surface area contributed by atoms with Crippen molar-refractivity contribution >= 4 is 11.3 Å². The van der Waals surface area contributed by atoms with E-state index in [0.717, 1.165) is 35.5 Å². The van der Waals surface area contributed by atoms with Gasteiger partial charge in [-0.1, -0.05) is 25.5 Å². The van der Waals surface area contributed by atoms with E-state index in [2.05, 4.69) is 24.4 Å². The first-order chi connectivity index (χ1) is 9.27. The fourth-order valence-electron chi connectivity index (χ4n) is 2.13. The van der Waals surface area contributed by atoms with Crippen molar-refractivity contribution in [3.8, 4) is 10.6 Å². The molecule has 0 fully saturated rings. The van der Waals surface area contributed by atoms with E-state index < -0.39 is 0 Å². The SMILES string of the molecule is CCCCn1c(-c2cccs2)ccc(CNC)c1=O. The van der Waals surface area contributed by atoms with Crippen molar-refractivity contribution in [1.82, 2.24) is 9.88 Å². The molecule has 0 aliphatic heterocycles. The van der Waals surface area contributed by atoms with Gasteiger partial charge in [0.2, 0.25) is 0 Å². The highest BCUT2D eigenvalue weighted by atomic mass is 32.1. The smallest absolute Gasteiger partial charge is 0.255 e. The zero-order chi connectivity index (χ0) is 13.7. The van der Waals surface area contributed by atoms with Crippen LogP contribution in [0.1, 0.15) is 25.3 Å². The zero-order valence-electron chi connectivity index (χ0n) is 11.5. The first-order valence-corrected chi connectivity index (χ1v) is 7.57. The van der Waals surface area contributed by atoms with Crippen LogP contribution >= 0.6 is 11.3 Å². The maximum absolute atomic E-state index is 12.5. The lowest BCUT2D eigenvalue weighted by atomic mass is 10.2. The molecule has 4 heteroatoms. The van der Waals surface area contributed by atoms with E-state index in [9.17, 15) is 4.79 Å². The molecule has 102 valence electrons. The van der Waals surface area contributed by atoms with Crippen LogP contribution < -0.4 is 10.9 Å². The Morgan fingerprint density at radius 3 is 2.79 bits per heavy atom. The van der Waals surface area contributed by atoms with Gasteiger partial charge < -0.3 is 9.88 Å². The molecule has 0 saturated heterocycles. The molecule has 0 atom stereocenters. The minimum absolute atomic E-state index is 0.133. The number of unbranched alkanes of at least 4 members (excludes halogenated alkanes) is 1. The Morgan fingerprint density at radius 2 is 2.16 bits per heavy atom. The molecule has 3 nitrogen and oxygen atoms in total. The van der Waals surface area contributed by atoms with Crippen molar-refractivity contribution in [3.63, 3.8) is 0 Å². The van der Waals surface area contributed by atoms with Crippen LogP contribution in [0.5, 0.6) is 0 Å². The highest BCUT2D eigenvalue weighted by Gasteiger charge is 2.10. The standard InChI is InChI=1S/C15H20N2OS/c1-3-4-9-17-13(14-6-5-10-19-14)8-7-12(11-16-2)15(17)18/h5-8,10,16H,3-4,9,11H2,1-2H3. The summed E-state index contributed by atoms with van der Waals surface area (Å²) in [7, 11) is 1.86. The van der Waals surface area contributed by atoms with Gasteiger partial charge in [0.25, 0.3) is 5.56 Å². The van der Waals surface area contributed by atoms with E-state index >= 15 is 0 Å². The summed E-state index contributed by atoms with van der Waals surface area (Å²) >= 11 is 1.68. The molecule has 0 aliphatic rings. The van der Waals surface area contributed by atoms with Gasteiger partial charge in [-0.15, -0.1) is 11.3 Å². The van der Waals surface area contributed by atoms with Crippen molar-refractivity contribution in [2.24, 2.45) is 0 Å². The van der Waals surface area contributed by atoms with Crippen molar-refractivity contribution < 1.29 is 0 Å². The van der Waals surface area contributed by atoms with Gasteiger partial charge in [0.15, 0.2) is 0 Å². The van der Waals surface area contributed by atoms with Gasteiger partial charge in [0.05, 0.1) is 10.6 Å². The van der Waals surface area contributed by atoms with Gasteiger partial charge in [-0.2, -0.15) is 0 Å². The predicted octanol–water partition coefficient (Wildman–Crippen LogP) is 3.10. The summed E-state index contributed by atoms with van der Waals surface area (Å²) in [6.07, 6.45) is 2.12. The summed E-state index contributed by atoms with van der Waals surface area (Å²) in [4.78, 5) is 13.7. The largest absolute Gasteiger partial charge is 0.315 e. The number of hydrogen-bond acceptors (Lipinski definition) is 3. The second kappa shape index (κ2) is 6.68. The molecule has 0 radical (unpaired) electrons. The minimum Gasteiger partial charge on any atom is -0.315 e. The molecule has 2 aromatic heterocycles. The minimum atomic E-state index is 0.133. The van der Waals surface area contributed by atoms with Crippen molar-refractivity contribution in [2.45, 2.75) is 32.9 Å². The van der Waals surface area contributed by atoms with Crippen LogP contribution in [0, 0.1) is 0 Å². The number of aromatic nitrogens is 1.